The van der Waals surface area contributed by atoms with Crippen LogP contribution in [-0.4, -0.2) is 12.1 Å². The molecule has 0 unspecified atom stereocenters. The van der Waals surface area contributed by atoms with Gasteiger partial charge in [0.1, 0.15) is 23.1 Å². The average Bonchev–Trinajstić information content (AvgIpc) is 2.73. The van der Waals surface area contributed by atoms with Gasteiger partial charge in [-0.25, -0.2) is 4.98 Å². The Morgan fingerprint density at radius 2 is 1.88 bits per heavy atom. The van der Waals surface area contributed by atoms with Crippen LogP contribution in [0.5, 0.6) is 11.5 Å². The van der Waals surface area contributed by atoms with Crippen molar-refractivity contribution in [2.24, 2.45) is 0 Å². The molecule has 0 saturated heterocycles. The van der Waals surface area contributed by atoms with E-state index in [2.05, 4.69) is 4.98 Å². The number of aryl methyl sites for hydroxylation is 1. The number of nitrogens with zero attached hydrogens (tertiary/aromatic N) is 1. The molecule has 0 saturated carbocycles. The van der Waals surface area contributed by atoms with Crippen LogP contribution in [0, 0.1) is 6.92 Å². The van der Waals surface area contributed by atoms with Gasteiger partial charge in [0.25, 0.3) is 0 Å². The smallest absolute Gasteiger partial charge is 0.140 e. The van der Waals surface area contributed by atoms with Gasteiger partial charge >= 0.3 is 0 Å². The molecule has 0 atom stereocenters. The fourth-order valence-corrected chi connectivity index (χ4v) is 1.99. The summed E-state index contributed by atoms with van der Waals surface area (Å²) in [7, 11) is 1.65. The fraction of sp³-hybridized carbons (Fsp3) is 0.250. The van der Waals surface area contributed by atoms with Gasteiger partial charge < -0.3 is 9.47 Å². The summed E-state index contributed by atoms with van der Waals surface area (Å²) < 4.78 is 10.7. The Balaban J connectivity index is 1.94. The second-order valence-electron chi connectivity index (χ2n) is 3.33. The molecule has 0 amide bonds. The highest BCUT2D eigenvalue weighted by Gasteiger charge is 2.00. The first kappa shape index (κ1) is 11.0. The molecule has 0 radical (unpaired) electrons. The van der Waals surface area contributed by atoms with Crippen LogP contribution in [0.2, 0.25) is 0 Å². The van der Waals surface area contributed by atoms with Crippen molar-refractivity contribution in [2.45, 2.75) is 13.5 Å². The molecule has 0 spiro atoms. The summed E-state index contributed by atoms with van der Waals surface area (Å²) in [6.07, 6.45) is 1.86. The zero-order valence-electron chi connectivity index (χ0n) is 9.27. The molecule has 1 heterocycles. The lowest BCUT2D eigenvalue weighted by atomic mass is 10.3. The predicted octanol–water partition coefficient (Wildman–Crippen LogP) is 3.04. The Labute approximate surface area is 98.7 Å². The fourth-order valence-electron chi connectivity index (χ4n) is 1.29. The molecular formula is C12H13NO2S. The highest BCUT2D eigenvalue weighted by molar-refractivity contribution is 7.11. The molecule has 4 heteroatoms. The summed E-state index contributed by atoms with van der Waals surface area (Å²) in [5.74, 6) is 1.66. The first-order chi connectivity index (χ1) is 7.78. The summed E-state index contributed by atoms with van der Waals surface area (Å²) >= 11 is 1.65. The highest BCUT2D eigenvalue weighted by atomic mass is 32.1. The summed E-state index contributed by atoms with van der Waals surface area (Å²) in [6, 6.07) is 7.53. The summed E-state index contributed by atoms with van der Waals surface area (Å²) in [6.45, 7) is 2.55. The van der Waals surface area contributed by atoms with Gasteiger partial charge in [0.05, 0.1) is 7.11 Å². The van der Waals surface area contributed by atoms with Crippen LogP contribution >= 0.6 is 11.3 Å². The average molecular weight is 235 g/mol. The zero-order valence-corrected chi connectivity index (χ0v) is 10.1. The van der Waals surface area contributed by atoms with Crippen molar-refractivity contribution in [3.8, 4) is 11.5 Å². The molecule has 0 N–H and O–H groups in total. The summed E-state index contributed by atoms with van der Waals surface area (Å²) in [5.41, 5.74) is 0. The van der Waals surface area contributed by atoms with Crippen LogP contribution in [0.15, 0.2) is 30.5 Å². The van der Waals surface area contributed by atoms with Crippen molar-refractivity contribution in [2.75, 3.05) is 7.11 Å². The molecule has 16 heavy (non-hydrogen) atoms. The van der Waals surface area contributed by atoms with Crippen molar-refractivity contribution in [1.29, 1.82) is 0 Å². The lowest BCUT2D eigenvalue weighted by Crippen LogP contribution is -1.94. The lowest BCUT2D eigenvalue weighted by molar-refractivity contribution is 0.305. The maximum absolute atomic E-state index is 5.60. The second kappa shape index (κ2) is 4.99. The van der Waals surface area contributed by atoms with Gasteiger partial charge in [0.15, 0.2) is 0 Å². The third-order valence-electron chi connectivity index (χ3n) is 2.09. The number of aromatic nitrogens is 1. The van der Waals surface area contributed by atoms with Gasteiger partial charge in [-0.15, -0.1) is 11.3 Å². The number of hydrogen-bond donors (Lipinski definition) is 0. The molecule has 0 aliphatic heterocycles. The van der Waals surface area contributed by atoms with E-state index in [4.69, 9.17) is 9.47 Å². The highest BCUT2D eigenvalue weighted by Crippen LogP contribution is 2.19. The number of hydrogen-bond acceptors (Lipinski definition) is 4. The van der Waals surface area contributed by atoms with E-state index in [1.165, 1.54) is 4.88 Å². The van der Waals surface area contributed by atoms with E-state index in [-0.39, 0.29) is 0 Å². The Kier molecular flexibility index (Phi) is 3.41. The van der Waals surface area contributed by atoms with Crippen molar-refractivity contribution in [3.05, 3.63) is 40.3 Å². The summed E-state index contributed by atoms with van der Waals surface area (Å²) in [5, 5.41) is 0.994. The van der Waals surface area contributed by atoms with E-state index >= 15 is 0 Å². The van der Waals surface area contributed by atoms with E-state index in [9.17, 15) is 0 Å². The van der Waals surface area contributed by atoms with Gasteiger partial charge in [0.2, 0.25) is 0 Å². The first-order valence-corrected chi connectivity index (χ1v) is 5.78. The van der Waals surface area contributed by atoms with Gasteiger partial charge in [-0.3, -0.25) is 0 Å². The molecule has 0 bridgehead atoms. The predicted molar refractivity (Wildman–Crippen MR) is 64.2 cm³/mol. The Hall–Kier alpha value is -1.55. The van der Waals surface area contributed by atoms with Crippen LogP contribution in [0.1, 0.15) is 9.88 Å². The minimum atomic E-state index is 0.519. The lowest BCUT2D eigenvalue weighted by Gasteiger charge is -2.04. The van der Waals surface area contributed by atoms with E-state index < -0.39 is 0 Å². The molecule has 0 aliphatic carbocycles. The third-order valence-corrected chi connectivity index (χ3v) is 2.98. The van der Waals surface area contributed by atoms with Crippen molar-refractivity contribution < 1.29 is 9.47 Å². The third kappa shape index (κ3) is 2.73. The second-order valence-corrected chi connectivity index (χ2v) is 4.65. The minimum absolute atomic E-state index is 0.519. The molecule has 0 fully saturated rings. The van der Waals surface area contributed by atoms with Gasteiger partial charge in [-0.1, -0.05) is 0 Å². The SMILES string of the molecule is COc1ccc(OCc2ncc(C)s2)cc1. The molecule has 0 aliphatic rings. The van der Waals surface area contributed by atoms with Gasteiger partial charge in [0, 0.05) is 11.1 Å². The van der Waals surface area contributed by atoms with E-state index in [0.717, 1.165) is 16.5 Å². The Bertz CT molecular complexity index is 450. The van der Waals surface area contributed by atoms with Crippen molar-refractivity contribution >= 4 is 11.3 Å². The standard InChI is InChI=1S/C12H13NO2S/c1-9-7-13-12(16-9)8-15-11-5-3-10(14-2)4-6-11/h3-7H,8H2,1-2H3. The monoisotopic (exact) mass is 235 g/mol. The number of ether oxygens (including phenoxy) is 2. The van der Waals surface area contributed by atoms with Crippen LogP contribution in [0.25, 0.3) is 0 Å². The number of thiazole rings is 1. The van der Waals surface area contributed by atoms with Crippen LogP contribution < -0.4 is 9.47 Å². The van der Waals surface area contributed by atoms with Crippen LogP contribution in [0.3, 0.4) is 0 Å². The van der Waals surface area contributed by atoms with Gasteiger partial charge in [-0.2, -0.15) is 0 Å². The maximum Gasteiger partial charge on any atom is 0.140 e. The van der Waals surface area contributed by atoms with E-state index in [1.54, 1.807) is 18.4 Å². The molecule has 1 aromatic heterocycles. The molecule has 2 aromatic rings. The Morgan fingerprint density at radius 3 is 2.44 bits per heavy atom. The van der Waals surface area contributed by atoms with Crippen molar-refractivity contribution in [1.82, 2.24) is 4.98 Å². The zero-order chi connectivity index (χ0) is 11.4. The van der Waals surface area contributed by atoms with E-state index in [0.29, 0.717) is 6.61 Å². The van der Waals surface area contributed by atoms with Crippen LogP contribution in [0.4, 0.5) is 0 Å². The largest absolute Gasteiger partial charge is 0.497 e. The number of methoxy groups -OCH3 is 1. The minimum Gasteiger partial charge on any atom is -0.497 e. The molecule has 3 nitrogen and oxygen atoms in total. The van der Waals surface area contributed by atoms with Gasteiger partial charge in [-0.05, 0) is 31.2 Å². The number of rotatable bonds is 4. The molecule has 84 valence electrons. The summed E-state index contributed by atoms with van der Waals surface area (Å²) in [4.78, 5) is 5.44. The molecule has 1 aromatic carbocycles. The normalized spacial score (nSPS) is 10.1. The topological polar surface area (TPSA) is 31.4 Å². The van der Waals surface area contributed by atoms with E-state index in [1.807, 2.05) is 37.4 Å². The number of benzene rings is 1. The Morgan fingerprint density at radius 1 is 1.19 bits per heavy atom. The maximum atomic E-state index is 5.60. The molecule has 2 rings (SSSR count). The van der Waals surface area contributed by atoms with Crippen LogP contribution in [-0.2, 0) is 6.61 Å². The van der Waals surface area contributed by atoms with Crippen molar-refractivity contribution in [3.63, 3.8) is 0 Å². The molecular weight excluding hydrogens is 222 g/mol. The quantitative estimate of drug-likeness (QED) is 0.816. The first-order valence-electron chi connectivity index (χ1n) is 4.96.